The first-order valence-electron chi connectivity index (χ1n) is 8.93. The molecule has 2 N–H and O–H groups in total. The number of aromatic nitrogens is 1. The van der Waals surface area contributed by atoms with Crippen LogP contribution in [0.3, 0.4) is 0 Å². The summed E-state index contributed by atoms with van der Waals surface area (Å²) in [4.78, 5) is 21.0. The van der Waals surface area contributed by atoms with E-state index in [0.29, 0.717) is 17.0 Å². The van der Waals surface area contributed by atoms with Crippen LogP contribution >= 0.6 is 0 Å². The topological polar surface area (TPSA) is 68.7 Å². The fourth-order valence-electron chi connectivity index (χ4n) is 4.63. The van der Waals surface area contributed by atoms with E-state index in [9.17, 15) is 4.79 Å². The Morgan fingerprint density at radius 1 is 1.33 bits per heavy atom. The standard InChI is InChI=1S/C18H26N4O2/c1-21-6-3-18(4-7-21)9-15(10-18)22-5-2-13-8-14(17(23)20-24)11-19-16(13)12-22/h8,11,15,24H,2-7,9-10,12H2,1H3,(H,20,23). The van der Waals surface area contributed by atoms with Gasteiger partial charge >= 0.3 is 0 Å². The van der Waals surface area contributed by atoms with Crippen LogP contribution in [0.1, 0.15) is 47.3 Å². The molecule has 0 aromatic carbocycles. The van der Waals surface area contributed by atoms with E-state index in [1.807, 2.05) is 6.07 Å². The first kappa shape index (κ1) is 16.0. The summed E-state index contributed by atoms with van der Waals surface area (Å²) < 4.78 is 0. The van der Waals surface area contributed by atoms with Gasteiger partial charge in [-0.2, -0.15) is 0 Å². The summed E-state index contributed by atoms with van der Waals surface area (Å²) in [6.07, 6.45) is 7.86. The second-order valence-electron chi connectivity index (χ2n) is 7.86. The van der Waals surface area contributed by atoms with Crippen LogP contribution < -0.4 is 5.48 Å². The van der Waals surface area contributed by atoms with Crippen LogP contribution in [0.5, 0.6) is 0 Å². The van der Waals surface area contributed by atoms with Crippen molar-refractivity contribution in [2.24, 2.45) is 5.41 Å². The molecular formula is C18H26N4O2. The highest BCUT2D eigenvalue weighted by molar-refractivity contribution is 5.93. The lowest BCUT2D eigenvalue weighted by molar-refractivity contribution is -0.0439. The van der Waals surface area contributed by atoms with Crippen LogP contribution in [0.4, 0.5) is 0 Å². The van der Waals surface area contributed by atoms with Crippen molar-refractivity contribution in [3.05, 3.63) is 29.1 Å². The largest absolute Gasteiger partial charge is 0.306 e. The Morgan fingerprint density at radius 3 is 2.79 bits per heavy atom. The molecule has 3 aliphatic rings. The number of fused-ring (bicyclic) bond motifs is 1. The number of amides is 1. The second-order valence-corrected chi connectivity index (χ2v) is 7.86. The van der Waals surface area contributed by atoms with Gasteiger partial charge in [0.05, 0.1) is 11.3 Å². The zero-order chi connectivity index (χ0) is 16.7. The molecule has 2 fully saturated rings. The highest BCUT2D eigenvalue weighted by Gasteiger charge is 2.47. The molecule has 3 heterocycles. The predicted molar refractivity (Wildman–Crippen MR) is 89.8 cm³/mol. The zero-order valence-corrected chi connectivity index (χ0v) is 14.3. The van der Waals surface area contributed by atoms with E-state index in [1.165, 1.54) is 38.8 Å². The minimum Gasteiger partial charge on any atom is -0.306 e. The molecule has 0 unspecified atom stereocenters. The molecule has 6 nitrogen and oxygen atoms in total. The Hall–Kier alpha value is -1.50. The number of piperidine rings is 1. The fourth-order valence-corrected chi connectivity index (χ4v) is 4.63. The fraction of sp³-hybridized carbons (Fsp3) is 0.667. The molecule has 130 valence electrons. The number of hydroxylamine groups is 1. The van der Waals surface area contributed by atoms with Crippen molar-refractivity contribution >= 4 is 5.91 Å². The number of carbonyl (C=O) groups excluding carboxylic acids is 1. The molecule has 1 saturated carbocycles. The van der Waals surface area contributed by atoms with Gasteiger partial charge < -0.3 is 4.90 Å². The normalized spacial score (nSPS) is 24.4. The molecule has 4 rings (SSSR count). The molecule has 6 heteroatoms. The number of nitrogens with one attached hydrogen (secondary N) is 1. The van der Waals surface area contributed by atoms with Crippen molar-refractivity contribution < 1.29 is 10.0 Å². The van der Waals surface area contributed by atoms with Crippen molar-refractivity contribution in [3.63, 3.8) is 0 Å². The second kappa shape index (κ2) is 6.10. The lowest BCUT2D eigenvalue weighted by atomic mass is 9.60. The molecule has 1 spiro atoms. The van der Waals surface area contributed by atoms with Crippen molar-refractivity contribution in [3.8, 4) is 0 Å². The number of hydrogen-bond donors (Lipinski definition) is 2. The lowest BCUT2D eigenvalue weighted by Crippen LogP contribution is -2.55. The molecule has 1 aliphatic carbocycles. The van der Waals surface area contributed by atoms with E-state index in [4.69, 9.17) is 5.21 Å². The van der Waals surface area contributed by atoms with Crippen LogP contribution in [0, 0.1) is 5.41 Å². The number of carbonyl (C=O) groups is 1. The maximum atomic E-state index is 11.5. The van der Waals surface area contributed by atoms with Gasteiger partial charge in [0.2, 0.25) is 0 Å². The maximum absolute atomic E-state index is 11.5. The van der Waals surface area contributed by atoms with Gasteiger partial charge in [-0.1, -0.05) is 0 Å². The zero-order valence-electron chi connectivity index (χ0n) is 14.3. The SMILES string of the molecule is CN1CCC2(CC1)CC(N1CCc3cc(C(=O)NO)cnc3C1)C2. The monoisotopic (exact) mass is 330 g/mol. The van der Waals surface area contributed by atoms with Crippen molar-refractivity contribution in [1.29, 1.82) is 0 Å². The van der Waals surface area contributed by atoms with Gasteiger partial charge in [-0.3, -0.25) is 19.9 Å². The van der Waals surface area contributed by atoms with Crippen LogP contribution in [-0.4, -0.2) is 58.6 Å². The van der Waals surface area contributed by atoms with Crippen LogP contribution in [0.15, 0.2) is 12.3 Å². The Morgan fingerprint density at radius 2 is 2.08 bits per heavy atom. The minimum atomic E-state index is -0.490. The number of pyridine rings is 1. The lowest BCUT2D eigenvalue weighted by Gasteiger charge is -2.55. The molecular weight excluding hydrogens is 304 g/mol. The molecule has 1 aromatic rings. The summed E-state index contributed by atoms with van der Waals surface area (Å²) >= 11 is 0. The van der Waals surface area contributed by atoms with Crippen molar-refractivity contribution in [2.75, 3.05) is 26.7 Å². The van der Waals surface area contributed by atoms with E-state index in [-0.39, 0.29) is 0 Å². The highest BCUT2D eigenvalue weighted by Crippen LogP contribution is 2.51. The Kier molecular flexibility index (Phi) is 4.06. The molecule has 1 saturated heterocycles. The Balaban J connectivity index is 1.38. The number of rotatable bonds is 2. The third-order valence-corrected chi connectivity index (χ3v) is 6.35. The number of hydrogen-bond acceptors (Lipinski definition) is 5. The average Bonchev–Trinajstić information content (AvgIpc) is 2.59. The summed E-state index contributed by atoms with van der Waals surface area (Å²) in [5, 5.41) is 8.75. The van der Waals surface area contributed by atoms with Crippen LogP contribution in [0.25, 0.3) is 0 Å². The van der Waals surface area contributed by atoms with E-state index < -0.39 is 5.91 Å². The van der Waals surface area contributed by atoms with E-state index >= 15 is 0 Å². The maximum Gasteiger partial charge on any atom is 0.276 e. The van der Waals surface area contributed by atoms with Gasteiger partial charge in [0.1, 0.15) is 0 Å². The summed E-state index contributed by atoms with van der Waals surface area (Å²) in [5.74, 6) is -0.490. The van der Waals surface area contributed by atoms with Gasteiger partial charge in [-0.25, -0.2) is 5.48 Å². The number of likely N-dealkylation sites (tertiary alicyclic amines) is 1. The molecule has 0 bridgehead atoms. The van der Waals surface area contributed by atoms with Crippen LogP contribution in [-0.2, 0) is 13.0 Å². The van der Waals surface area contributed by atoms with Gasteiger partial charge in [-0.15, -0.1) is 0 Å². The summed E-state index contributed by atoms with van der Waals surface area (Å²) in [6, 6.07) is 2.56. The average molecular weight is 330 g/mol. The third-order valence-electron chi connectivity index (χ3n) is 6.35. The molecule has 24 heavy (non-hydrogen) atoms. The van der Waals surface area contributed by atoms with Gasteiger partial charge in [-0.05, 0) is 69.3 Å². The summed E-state index contributed by atoms with van der Waals surface area (Å²) in [6.45, 7) is 4.41. The molecule has 2 aliphatic heterocycles. The molecule has 1 amide bonds. The highest BCUT2D eigenvalue weighted by atomic mass is 16.5. The van der Waals surface area contributed by atoms with E-state index in [1.54, 1.807) is 11.7 Å². The predicted octanol–water partition coefficient (Wildman–Crippen LogP) is 1.43. The Bertz CT molecular complexity index is 632. The number of nitrogens with zero attached hydrogens (tertiary/aromatic N) is 3. The Labute approximate surface area is 142 Å². The molecule has 0 atom stereocenters. The first-order valence-corrected chi connectivity index (χ1v) is 8.93. The van der Waals surface area contributed by atoms with E-state index in [2.05, 4.69) is 21.8 Å². The van der Waals surface area contributed by atoms with Gasteiger partial charge in [0.25, 0.3) is 5.91 Å². The molecule has 1 aromatic heterocycles. The van der Waals surface area contributed by atoms with E-state index in [0.717, 1.165) is 30.8 Å². The summed E-state index contributed by atoms with van der Waals surface area (Å²) in [5.41, 5.74) is 4.93. The van der Waals surface area contributed by atoms with Crippen molar-refractivity contribution in [2.45, 2.75) is 44.7 Å². The van der Waals surface area contributed by atoms with Crippen LogP contribution in [0.2, 0.25) is 0 Å². The van der Waals surface area contributed by atoms with Gasteiger partial charge in [0.15, 0.2) is 0 Å². The first-order chi connectivity index (χ1) is 11.6. The van der Waals surface area contributed by atoms with Gasteiger partial charge in [0, 0.05) is 25.3 Å². The third kappa shape index (κ3) is 2.83. The smallest absolute Gasteiger partial charge is 0.276 e. The minimum absolute atomic E-state index is 0.429. The molecule has 0 radical (unpaired) electrons. The quantitative estimate of drug-likeness (QED) is 0.634. The summed E-state index contributed by atoms with van der Waals surface area (Å²) in [7, 11) is 2.22. The van der Waals surface area contributed by atoms with Crippen molar-refractivity contribution in [1.82, 2.24) is 20.3 Å².